The Morgan fingerprint density at radius 3 is 3.03 bits per heavy atom. The number of rotatable bonds is 5. The number of nitrogens with zero attached hydrogens (tertiary/aromatic N) is 4. The fraction of sp³-hybridized carbons (Fsp3) is 0.364. The predicted octanol–water partition coefficient (Wildman–Crippen LogP) is 3.61. The Kier molecular flexibility index (Phi) is 4.61. The minimum atomic E-state index is -0.104. The number of nitrogens with one attached hydrogen (secondary N) is 2. The SMILES string of the molecule is CC[C@@H]1C[C@H](NC(=O)C=Cc2ccc(C)o2)C[C@@H]1c1nnc2cnc3[nH]ccc3n12. The molecule has 0 unspecified atom stereocenters. The lowest BCUT2D eigenvalue weighted by atomic mass is 9.93. The molecule has 1 amide bonds. The number of aryl methyl sites for hydroxylation is 1. The van der Waals surface area contributed by atoms with Gasteiger partial charge in [-0.3, -0.25) is 9.20 Å². The highest BCUT2D eigenvalue weighted by Gasteiger charge is 2.37. The molecule has 1 fully saturated rings. The highest BCUT2D eigenvalue weighted by atomic mass is 16.3. The first-order chi connectivity index (χ1) is 14.6. The Hall–Kier alpha value is -3.42. The number of H-pyrrole nitrogens is 1. The molecular weight excluding hydrogens is 380 g/mol. The maximum atomic E-state index is 12.4. The monoisotopic (exact) mass is 404 g/mol. The molecule has 2 N–H and O–H groups in total. The number of hydrogen-bond acceptors (Lipinski definition) is 5. The van der Waals surface area contributed by atoms with Crippen molar-refractivity contribution in [2.75, 3.05) is 0 Å². The second kappa shape index (κ2) is 7.44. The van der Waals surface area contributed by atoms with Crippen LogP contribution in [-0.2, 0) is 4.79 Å². The molecule has 3 atom stereocenters. The van der Waals surface area contributed by atoms with Gasteiger partial charge in [-0.15, -0.1) is 10.2 Å². The summed E-state index contributed by atoms with van der Waals surface area (Å²) in [7, 11) is 0. The lowest BCUT2D eigenvalue weighted by Crippen LogP contribution is -2.31. The number of aromatic nitrogens is 5. The van der Waals surface area contributed by atoms with Gasteiger partial charge in [0, 0.05) is 24.2 Å². The molecule has 4 aromatic rings. The second-order valence-electron chi connectivity index (χ2n) is 7.96. The van der Waals surface area contributed by atoms with Crippen molar-refractivity contribution >= 4 is 28.8 Å². The van der Waals surface area contributed by atoms with E-state index < -0.39 is 0 Å². The van der Waals surface area contributed by atoms with Gasteiger partial charge in [0.1, 0.15) is 17.3 Å². The lowest BCUT2D eigenvalue weighted by molar-refractivity contribution is -0.117. The molecular formula is C22H24N6O2. The number of hydrogen-bond donors (Lipinski definition) is 2. The van der Waals surface area contributed by atoms with Crippen molar-refractivity contribution in [3.8, 4) is 0 Å². The van der Waals surface area contributed by atoms with Crippen molar-refractivity contribution in [2.24, 2.45) is 5.92 Å². The molecule has 8 nitrogen and oxygen atoms in total. The molecule has 4 heterocycles. The Morgan fingerprint density at radius 2 is 2.23 bits per heavy atom. The van der Waals surface area contributed by atoms with E-state index in [1.165, 1.54) is 6.08 Å². The van der Waals surface area contributed by atoms with Crippen LogP contribution in [-0.4, -0.2) is 36.5 Å². The van der Waals surface area contributed by atoms with Crippen LogP contribution in [0.1, 0.15) is 49.4 Å². The maximum absolute atomic E-state index is 12.4. The Morgan fingerprint density at radius 1 is 1.33 bits per heavy atom. The Balaban J connectivity index is 1.36. The molecule has 0 bridgehead atoms. The number of furan rings is 1. The van der Waals surface area contributed by atoms with Crippen molar-refractivity contribution in [1.29, 1.82) is 0 Å². The minimum absolute atomic E-state index is 0.103. The van der Waals surface area contributed by atoms with Crippen LogP contribution >= 0.6 is 0 Å². The zero-order valence-corrected chi connectivity index (χ0v) is 17.0. The van der Waals surface area contributed by atoms with Gasteiger partial charge in [-0.05, 0) is 50.0 Å². The van der Waals surface area contributed by atoms with E-state index in [2.05, 4.69) is 36.8 Å². The van der Waals surface area contributed by atoms with Gasteiger partial charge in [0.25, 0.3) is 0 Å². The van der Waals surface area contributed by atoms with E-state index in [1.54, 1.807) is 12.3 Å². The molecule has 0 spiro atoms. The van der Waals surface area contributed by atoms with E-state index in [4.69, 9.17) is 4.42 Å². The number of aromatic amines is 1. The zero-order chi connectivity index (χ0) is 20.7. The highest BCUT2D eigenvalue weighted by Crippen LogP contribution is 2.41. The molecule has 0 aliphatic heterocycles. The van der Waals surface area contributed by atoms with Gasteiger partial charge in [0.05, 0.1) is 11.7 Å². The summed E-state index contributed by atoms with van der Waals surface area (Å²) < 4.78 is 7.57. The third kappa shape index (κ3) is 3.28. The van der Waals surface area contributed by atoms with E-state index in [-0.39, 0.29) is 17.9 Å². The molecule has 4 aromatic heterocycles. The molecule has 1 aliphatic carbocycles. The summed E-state index contributed by atoms with van der Waals surface area (Å²) in [5.74, 6) is 3.01. The predicted molar refractivity (Wildman–Crippen MR) is 113 cm³/mol. The molecule has 5 rings (SSSR count). The number of carbonyl (C=O) groups excluding carboxylic acids is 1. The van der Waals surface area contributed by atoms with Crippen molar-refractivity contribution in [3.05, 3.63) is 54.0 Å². The van der Waals surface area contributed by atoms with Gasteiger partial charge >= 0.3 is 0 Å². The van der Waals surface area contributed by atoms with E-state index in [9.17, 15) is 4.79 Å². The summed E-state index contributed by atoms with van der Waals surface area (Å²) in [4.78, 5) is 20.0. The first kappa shape index (κ1) is 18.6. The van der Waals surface area contributed by atoms with Crippen molar-refractivity contribution in [1.82, 2.24) is 29.9 Å². The lowest BCUT2D eigenvalue weighted by Gasteiger charge is -2.15. The molecule has 1 saturated carbocycles. The molecule has 8 heteroatoms. The topological polar surface area (TPSA) is 101 Å². The van der Waals surface area contributed by atoms with E-state index in [0.717, 1.165) is 47.7 Å². The van der Waals surface area contributed by atoms with Gasteiger partial charge in [-0.25, -0.2) is 4.98 Å². The fourth-order valence-electron chi connectivity index (χ4n) is 4.60. The number of carbonyl (C=O) groups is 1. The molecule has 0 saturated heterocycles. The molecule has 0 aromatic carbocycles. The van der Waals surface area contributed by atoms with Gasteiger partial charge in [-0.2, -0.15) is 0 Å². The third-order valence-corrected chi connectivity index (χ3v) is 6.02. The summed E-state index contributed by atoms with van der Waals surface area (Å²) in [6.45, 7) is 4.07. The smallest absolute Gasteiger partial charge is 0.244 e. The van der Waals surface area contributed by atoms with E-state index in [0.29, 0.717) is 11.7 Å². The summed E-state index contributed by atoms with van der Waals surface area (Å²) >= 11 is 0. The average Bonchev–Trinajstić information content (AvgIpc) is 3.50. The molecule has 30 heavy (non-hydrogen) atoms. The first-order valence-electron chi connectivity index (χ1n) is 10.3. The van der Waals surface area contributed by atoms with Gasteiger partial charge < -0.3 is 14.7 Å². The summed E-state index contributed by atoms with van der Waals surface area (Å²) in [6.07, 6.45) is 9.65. The van der Waals surface area contributed by atoms with Crippen LogP contribution in [0.4, 0.5) is 0 Å². The largest absolute Gasteiger partial charge is 0.462 e. The zero-order valence-electron chi connectivity index (χ0n) is 17.0. The quantitative estimate of drug-likeness (QED) is 0.495. The van der Waals surface area contributed by atoms with E-state index >= 15 is 0 Å². The van der Waals surface area contributed by atoms with Gasteiger partial charge in [-0.1, -0.05) is 13.3 Å². The standard InChI is InChI=1S/C22H24N6O2/c1-3-14-10-15(25-20(29)7-6-16-5-4-13(2)30-16)11-17(14)22-27-26-19-12-24-21-18(28(19)22)8-9-23-21/h4-9,12,14-15,17,23H,3,10-11H2,1-2H3,(H,25,29)/t14-,15+,17+/m1/s1. The van der Waals surface area contributed by atoms with Crippen LogP contribution in [0.15, 0.2) is 41.1 Å². The molecule has 0 radical (unpaired) electrons. The van der Waals surface area contributed by atoms with Gasteiger partial charge in [0.2, 0.25) is 5.91 Å². The first-order valence-corrected chi connectivity index (χ1v) is 10.3. The minimum Gasteiger partial charge on any atom is -0.462 e. The van der Waals surface area contributed by atoms with Crippen LogP contribution in [0.2, 0.25) is 0 Å². The van der Waals surface area contributed by atoms with Crippen LogP contribution in [0.3, 0.4) is 0 Å². The summed E-state index contributed by atoms with van der Waals surface area (Å²) in [5, 5.41) is 12.0. The third-order valence-electron chi connectivity index (χ3n) is 6.02. The number of fused-ring (bicyclic) bond motifs is 3. The maximum Gasteiger partial charge on any atom is 0.244 e. The summed E-state index contributed by atoms with van der Waals surface area (Å²) in [5.41, 5.74) is 2.54. The van der Waals surface area contributed by atoms with Crippen LogP contribution in [0.25, 0.3) is 22.9 Å². The number of amides is 1. The van der Waals surface area contributed by atoms with Crippen LogP contribution in [0, 0.1) is 12.8 Å². The van der Waals surface area contributed by atoms with Crippen molar-refractivity contribution < 1.29 is 9.21 Å². The highest BCUT2D eigenvalue weighted by molar-refractivity contribution is 5.91. The Bertz CT molecular complexity index is 1230. The molecule has 1 aliphatic rings. The fourth-order valence-corrected chi connectivity index (χ4v) is 4.60. The van der Waals surface area contributed by atoms with Crippen molar-refractivity contribution in [2.45, 2.75) is 45.1 Å². The molecule has 154 valence electrons. The van der Waals surface area contributed by atoms with Crippen LogP contribution in [0.5, 0.6) is 0 Å². The van der Waals surface area contributed by atoms with Crippen LogP contribution < -0.4 is 5.32 Å². The normalized spacial score (nSPS) is 21.9. The van der Waals surface area contributed by atoms with Gasteiger partial charge in [0.15, 0.2) is 11.3 Å². The van der Waals surface area contributed by atoms with Crippen molar-refractivity contribution in [3.63, 3.8) is 0 Å². The average molecular weight is 404 g/mol. The second-order valence-corrected chi connectivity index (χ2v) is 7.96. The van der Waals surface area contributed by atoms with E-state index in [1.807, 2.05) is 31.3 Å². The Labute approximate surface area is 173 Å². The summed E-state index contributed by atoms with van der Waals surface area (Å²) in [6, 6.07) is 5.83.